The Bertz CT molecular complexity index is 474. The van der Waals surface area contributed by atoms with Gasteiger partial charge >= 0.3 is 0 Å². The van der Waals surface area contributed by atoms with E-state index in [9.17, 15) is 0 Å². The van der Waals surface area contributed by atoms with E-state index in [0.29, 0.717) is 19.8 Å². The predicted octanol–water partition coefficient (Wildman–Crippen LogP) is 2.11. The van der Waals surface area contributed by atoms with Gasteiger partial charge in [-0.15, -0.1) is 0 Å². The normalized spacial score (nSPS) is 10.2. The first-order valence-corrected chi connectivity index (χ1v) is 6.09. The summed E-state index contributed by atoms with van der Waals surface area (Å²) in [6.45, 7) is 1.80. The first-order valence-electron chi connectivity index (χ1n) is 6.09. The molecule has 100 valence electrons. The third-order valence-corrected chi connectivity index (χ3v) is 2.50. The number of benzene rings is 1. The molecular formula is C14H17N3O2. The largest absolute Gasteiger partial charge is 0.491 e. The molecule has 1 heterocycles. The summed E-state index contributed by atoms with van der Waals surface area (Å²) in [5.74, 6) is 0.835. The fourth-order valence-corrected chi connectivity index (χ4v) is 1.53. The third kappa shape index (κ3) is 4.56. The summed E-state index contributed by atoms with van der Waals surface area (Å²) in [5, 5.41) is 3.27. The van der Waals surface area contributed by atoms with E-state index in [2.05, 4.69) is 15.3 Å². The molecular weight excluding hydrogens is 242 g/mol. The molecule has 5 nitrogen and oxygen atoms in total. The van der Waals surface area contributed by atoms with Gasteiger partial charge in [0.1, 0.15) is 12.4 Å². The lowest BCUT2D eigenvalue weighted by Crippen LogP contribution is -2.04. The fourth-order valence-electron chi connectivity index (χ4n) is 1.53. The van der Waals surface area contributed by atoms with Crippen LogP contribution in [0.2, 0.25) is 0 Å². The van der Waals surface area contributed by atoms with Crippen molar-refractivity contribution in [1.82, 2.24) is 9.97 Å². The van der Waals surface area contributed by atoms with Crippen molar-refractivity contribution in [2.75, 3.05) is 25.6 Å². The van der Waals surface area contributed by atoms with Crippen LogP contribution in [0.25, 0.3) is 0 Å². The lowest BCUT2D eigenvalue weighted by atomic mass is 10.3. The van der Waals surface area contributed by atoms with Gasteiger partial charge in [-0.05, 0) is 24.3 Å². The maximum atomic E-state index is 5.49. The van der Waals surface area contributed by atoms with Gasteiger partial charge in [0, 0.05) is 25.2 Å². The molecule has 1 N–H and O–H groups in total. The summed E-state index contributed by atoms with van der Waals surface area (Å²) in [5.41, 5.74) is 1.92. The van der Waals surface area contributed by atoms with Gasteiger partial charge in [-0.2, -0.15) is 0 Å². The second-order valence-corrected chi connectivity index (χ2v) is 3.92. The molecule has 0 aliphatic heterocycles. The molecule has 0 unspecified atom stereocenters. The van der Waals surface area contributed by atoms with Gasteiger partial charge in [0.2, 0.25) is 0 Å². The number of anilines is 1. The summed E-state index contributed by atoms with van der Waals surface area (Å²) in [4.78, 5) is 8.22. The average molecular weight is 259 g/mol. The van der Waals surface area contributed by atoms with E-state index in [-0.39, 0.29) is 0 Å². The molecule has 5 heteroatoms. The number of ether oxygens (including phenoxy) is 2. The molecule has 0 aliphatic carbocycles. The van der Waals surface area contributed by atoms with Crippen molar-refractivity contribution in [2.24, 2.45) is 0 Å². The molecule has 0 saturated carbocycles. The van der Waals surface area contributed by atoms with Crippen molar-refractivity contribution >= 4 is 5.69 Å². The van der Waals surface area contributed by atoms with Crippen LogP contribution in [0, 0.1) is 0 Å². The predicted molar refractivity (Wildman–Crippen MR) is 73.2 cm³/mol. The lowest BCUT2D eigenvalue weighted by molar-refractivity contribution is 0.146. The Kier molecular flexibility index (Phi) is 5.13. The zero-order valence-corrected chi connectivity index (χ0v) is 10.9. The summed E-state index contributed by atoms with van der Waals surface area (Å²) < 4.78 is 10.4. The molecule has 0 fully saturated rings. The molecule has 19 heavy (non-hydrogen) atoms. The highest BCUT2D eigenvalue weighted by Gasteiger charge is 1.97. The van der Waals surface area contributed by atoms with E-state index in [1.165, 1.54) is 0 Å². The number of aromatic nitrogens is 2. The summed E-state index contributed by atoms with van der Waals surface area (Å²) in [7, 11) is 1.66. The smallest absolute Gasteiger partial charge is 0.119 e. The van der Waals surface area contributed by atoms with Crippen molar-refractivity contribution in [2.45, 2.75) is 6.54 Å². The van der Waals surface area contributed by atoms with Crippen LogP contribution in [0.15, 0.2) is 42.9 Å². The summed E-state index contributed by atoms with van der Waals surface area (Å²) >= 11 is 0. The molecule has 0 bridgehead atoms. The molecule has 0 spiro atoms. The van der Waals surface area contributed by atoms with Gasteiger partial charge < -0.3 is 14.8 Å². The van der Waals surface area contributed by atoms with Gasteiger partial charge in [0.25, 0.3) is 0 Å². The second kappa shape index (κ2) is 7.33. The van der Waals surface area contributed by atoms with Gasteiger partial charge in [-0.3, -0.25) is 9.97 Å². The number of hydrogen-bond donors (Lipinski definition) is 1. The highest BCUT2D eigenvalue weighted by molar-refractivity contribution is 5.46. The Hall–Kier alpha value is -2.14. The number of nitrogens with one attached hydrogen (secondary N) is 1. The zero-order valence-electron chi connectivity index (χ0n) is 10.9. The standard InChI is InChI=1S/C14H17N3O2/c1-18-8-9-19-14-4-2-12(3-5-14)17-11-13-10-15-6-7-16-13/h2-7,10,17H,8-9,11H2,1H3. The van der Waals surface area contributed by atoms with Gasteiger partial charge in [0.05, 0.1) is 25.0 Å². The quantitative estimate of drug-likeness (QED) is 0.772. The minimum Gasteiger partial charge on any atom is -0.491 e. The maximum Gasteiger partial charge on any atom is 0.119 e. The number of hydrogen-bond acceptors (Lipinski definition) is 5. The first kappa shape index (κ1) is 13.3. The molecule has 1 aromatic carbocycles. The Morgan fingerprint density at radius 3 is 2.63 bits per heavy atom. The Balaban J connectivity index is 1.81. The lowest BCUT2D eigenvalue weighted by Gasteiger charge is -2.08. The van der Waals surface area contributed by atoms with Crippen molar-refractivity contribution in [3.05, 3.63) is 48.5 Å². The number of rotatable bonds is 7. The van der Waals surface area contributed by atoms with Crippen LogP contribution in [-0.4, -0.2) is 30.3 Å². The monoisotopic (exact) mass is 259 g/mol. The van der Waals surface area contributed by atoms with Crippen molar-refractivity contribution in [3.8, 4) is 5.75 Å². The molecule has 2 rings (SSSR count). The highest BCUT2D eigenvalue weighted by atomic mass is 16.5. The van der Waals surface area contributed by atoms with Crippen LogP contribution in [0.4, 0.5) is 5.69 Å². The SMILES string of the molecule is COCCOc1ccc(NCc2cnccn2)cc1. The van der Waals surface area contributed by atoms with Crippen molar-refractivity contribution in [1.29, 1.82) is 0 Å². The van der Waals surface area contributed by atoms with E-state index < -0.39 is 0 Å². The minimum absolute atomic E-state index is 0.558. The molecule has 1 aromatic heterocycles. The Labute approximate surface area is 112 Å². The van der Waals surface area contributed by atoms with E-state index in [1.54, 1.807) is 25.7 Å². The van der Waals surface area contributed by atoms with Gasteiger partial charge in [-0.25, -0.2) is 0 Å². The van der Waals surface area contributed by atoms with E-state index >= 15 is 0 Å². The number of methoxy groups -OCH3 is 1. The van der Waals surface area contributed by atoms with E-state index in [4.69, 9.17) is 9.47 Å². The van der Waals surface area contributed by atoms with Crippen LogP contribution >= 0.6 is 0 Å². The van der Waals surface area contributed by atoms with Crippen LogP contribution in [-0.2, 0) is 11.3 Å². The minimum atomic E-state index is 0.558. The van der Waals surface area contributed by atoms with Gasteiger partial charge in [0.15, 0.2) is 0 Å². The Morgan fingerprint density at radius 2 is 1.95 bits per heavy atom. The molecule has 0 amide bonds. The van der Waals surface area contributed by atoms with Crippen molar-refractivity contribution < 1.29 is 9.47 Å². The summed E-state index contributed by atoms with van der Waals surface area (Å²) in [6, 6.07) is 7.79. The summed E-state index contributed by atoms with van der Waals surface area (Å²) in [6.07, 6.45) is 5.09. The fraction of sp³-hybridized carbons (Fsp3) is 0.286. The van der Waals surface area contributed by atoms with Crippen molar-refractivity contribution in [3.63, 3.8) is 0 Å². The van der Waals surface area contributed by atoms with Gasteiger partial charge in [-0.1, -0.05) is 0 Å². The van der Waals surface area contributed by atoms with E-state index in [0.717, 1.165) is 17.1 Å². The van der Waals surface area contributed by atoms with Crippen LogP contribution in [0.5, 0.6) is 5.75 Å². The first-order chi connectivity index (χ1) is 9.38. The van der Waals surface area contributed by atoms with Crippen LogP contribution in [0.3, 0.4) is 0 Å². The average Bonchev–Trinajstić information content (AvgIpc) is 2.48. The third-order valence-electron chi connectivity index (χ3n) is 2.50. The Morgan fingerprint density at radius 1 is 1.11 bits per heavy atom. The maximum absolute atomic E-state index is 5.49. The van der Waals surface area contributed by atoms with Crippen LogP contribution in [0.1, 0.15) is 5.69 Å². The highest BCUT2D eigenvalue weighted by Crippen LogP contribution is 2.16. The molecule has 0 radical (unpaired) electrons. The topological polar surface area (TPSA) is 56.3 Å². The molecule has 2 aromatic rings. The molecule has 0 saturated heterocycles. The number of nitrogens with zero attached hydrogens (tertiary/aromatic N) is 2. The second-order valence-electron chi connectivity index (χ2n) is 3.92. The zero-order chi connectivity index (χ0) is 13.3. The van der Waals surface area contributed by atoms with Crippen LogP contribution < -0.4 is 10.1 Å². The van der Waals surface area contributed by atoms with E-state index in [1.807, 2.05) is 24.3 Å². The molecule has 0 atom stereocenters. The molecule has 0 aliphatic rings.